The summed E-state index contributed by atoms with van der Waals surface area (Å²) in [6.45, 7) is 9.41. The topological polar surface area (TPSA) is 106 Å². The van der Waals surface area contributed by atoms with Crippen LogP contribution >= 0.6 is 0 Å². The molecule has 3 aromatic rings. The number of nitrogens with zero attached hydrogens (tertiary/aromatic N) is 4. The molecule has 0 radical (unpaired) electrons. The van der Waals surface area contributed by atoms with Gasteiger partial charge in [0.05, 0.1) is 28.2 Å². The molecular formula is C19H20N6O3S. The van der Waals surface area contributed by atoms with Gasteiger partial charge in [-0.15, -0.1) is 0 Å². The fourth-order valence-corrected chi connectivity index (χ4v) is 4.66. The smallest absolute Gasteiger partial charge is 0.243 e. The molecular weight excluding hydrogens is 392 g/mol. The summed E-state index contributed by atoms with van der Waals surface area (Å²) in [6, 6.07) is 9.23. The van der Waals surface area contributed by atoms with Gasteiger partial charge in [-0.05, 0) is 37.4 Å². The fraction of sp³-hybridized carbons (Fsp3) is 0.263. The van der Waals surface area contributed by atoms with E-state index in [0.717, 1.165) is 0 Å². The second kappa shape index (κ2) is 7.36. The molecule has 1 aliphatic heterocycles. The van der Waals surface area contributed by atoms with E-state index in [-0.39, 0.29) is 10.6 Å². The molecule has 1 aromatic heterocycles. The Morgan fingerprint density at radius 3 is 2.66 bits per heavy atom. The number of aromatic hydroxyl groups is 1. The number of nitrogens with one attached hydrogen (secondary N) is 2. The Morgan fingerprint density at radius 1 is 1.17 bits per heavy atom. The minimum Gasteiger partial charge on any atom is -0.506 e. The number of phenolic OH excluding ortho intramolecular Hbond substituents is 1. The first-order valence-corrected chi connectivity index (χ1v) is 10.5. The monoisotopic (exact) mass is 412 g/mol. The number of fused-ring (bicyclic) bond motifs is 1. The molecule has 3 N–H and O–H groups in total. The van der Waals surface area contributed by atoms with Crippen LogP contribution in [0.5, 0.6) is 5.75 Å². The van der Waals surface area contributed by atoms with E-state index in [1.807, 2.05) is 7.05 Å². The zero-order valence-electron chi connectivity index (χ0n) is 15.8. The Bertz CT molecular complexity index is 1210. The number of aromatic nitrogens is 2. The van der Waals surface area contributed by atoms with Gasteiger partial charge in [0.25, 0.3) is 0 Å². The highest BCUT2D eigenvalue weighted by Gasteiger charge is 2.27. The lowest BCUT2D eigenvalue weighted by Gasteiger charge is -2.31. The normalized spacial score (nSPS) is 16.0. The number of hydrogen-bond acceptors (Lipinski definition) is 6. The molecule has 2 heterocycles. The van der Waals surface area contributed by atoms with E-state index >= 15 is 0 Å². The number of rotatable bonds is 4. The first-order chi connectivity index (χ1) is 13.9. The number of likely N-dealkylation sites (N-methyl/N-ethyl adjacent to an activating group) is 1. The van der Waals surface area contributed by atoms with Crippen LogP contribution < -0.4 is 5.32 Å². The Kier molecular flexibility index (Phi) is 4.87. The highest BCUT2D eigenvalue weighted by atomic mass is 32.2. The molecule has 0 aliphatic carbocycles. The van der Waals surface area contributed by atoms with Crippen molar-refractivity contribution >= 4 is 38.4 Å². The molecule has 4 rings (SSSR count). The summed E-state index contributed by atoms with van der Waals surface area (Å²) < 4.78 is 27.4. The van der Waals surface area contributed by atoms with Crippen molar-refractivity contribution in [3.8, 4) is 5.75 Å². The van der Waals surface area contributed by atoms with Gasteiger partial charge in [-0.3, -0.25) is 0 Å². The molecule has 2 aromatic carbocycles. The lowest BCUT2D eigenvalue weighted by Crippen LogP contribution is -2.46. The van der Waals surface area contributed by atoms with E-state index in [1.165, 1.54) is 22.5 Å². The maximum Gasteiger partial charge on any atom is 0.243 e. The third kappa shape index (κ3) is 3.75. The molecule has 1 aliphatic rings. The summed E-state index contributed by atoms with van der Waals surface area (Å²) in [5.74, 6) is 0.322. The van der Waals surface area contributed by atoms with Crippen LogP contribution in [0, 0.1) is 6.57 Å². The molecule has 1 saturated heterocycles. The predicted molar refractivity (Wildman–Crippen MR) is 110 cm³/mol. The minimum atomic E-state index is -3.58. The third-order valence-corrected chi connectivity index (χ3v) is 6.81. The van der Waals surface area contributed by atoms with Crippen LogP contribution in [-0.4, -0.2) is 65.9 Å². The van der Waals surface area contributed by atoms with Crippen LogP contribution in [0.2, 0.25) is 0 Å². The quantitative estimate of drug-likeness (QED) is 0.449. The lowest BCUT2D eigenvalue weighted by molar-refractivity contribution is 0.222. The number of piperazine rings is 1. The van der Waals surface area contributed by atoms with Crippen LogP contribution in [0.1, 0.15) is 0 Å². The van der Waals surface area contributed by atoms with Crippen molar-refractivity contribution in [2.24, 2.45) is 0 Å². The molecule has 0 spiro atoms. The minimum absolute atomic E-state index is 0.0174. The van der Waals surface area contributed by atoms with Crippen molar-refractivity contribution in [3.63, 3.8) is 0 Å². The first-order valence-electron chi connectivity index (χ1n) is 9.03. The maximum absolute atomic E-state index is 12.9. The van der Waals surface area contributed by atoms with E-state index in [4.69, 9.17) is 6.57 Å². The second-order valence-corrected chi connectivity index (χ2v) is 8.85. The molecule has 0 unspecified atom stereocenters. The van der Waals surface area contributed by atoms with E-state index < -0.39 is 10.0 Å². The Morgan fingerprint density at radius 2 is 1.93 bits per heavy atom. The number of benzene rings is 2. The van der Waals surface area contributed by atoms with E-state index in [2.05, 4.69) is 25.0 Å². The van der Waals surface area contributed by atoms with Crippen molar-refractivity contribution in [3.05, 3.63) is 47.8 Å². The number of phenols is 1. The molecule has 0 amide bonds. The van der Waals surface area contributed by atoms with E-state index in [9.17, 15) is 13.5 Å². The molecule has 1 fully saturated rings. The summed E-state index contributed by atoms with van der Waals surface area (Å²) >= 11 is 0. The van der Waals surface area contributed by atoms with Gasteiger partial charge in [0.2, 0.25) is 16.0 Å². The molecule has 150 valence electrons. The fourth-order valence-electron chi connectivity index (χ4n) is 3.21. The number of hydrogen-bond donors (Lipinski definition) is 3. The number of aromatic amines is 1. The van der Waals surface area contributed by atoms with Crippen LogP contribution in [-0.2, 0) is 10.0 Å². The number of imidazole rings is 1. The standard InChI is InChI=1S/C19H20N6O3S/c1-20-13-3-6-18(26)17(11-13)23-19-21-15-5-4-14(12-16(15)22-19)29(27,28)25-9-7-24(2)8-10-25/h3-6,11-12,26H,7-10H2,2H3,(H2,21,22,23). The van der Waals surface area contributed by atoms with Gasteiger partial charge in [0, 0.05) is 26.2 Å². The summed E-state index contributed by atoms with van der Waals surface area (Å²) in [7, 11) is -1.60. The first kappa shape index (κ1) is 19.2. The van der Waals surface area contributed by atoms with Crippen LogP contribution in [0.15, 0.2) is 41.3 Å². The predicted octanol–water partition coefficient (Wildman–Crippen LogP) is 2.50. The Labute approximate surface area is 168 Å². The van der Waals surface area contributed by atoms with Crippen molar-refractivity contribution in [1.29, 1.82) is 0 Å². The van der Waals surface area contributed by atoms with Gasteiger partial charge in [0.15, 0.2) is 5.69 Å². The van der Waals surface area contributed by atoms with Gasteiger partial charge < -0.3 is 20.3 Å². The largest absolute Gasteiger partial charge is 0.506 e. The highest BCUT2D eigenvalue weighted by molar-refractivity contribution is 7.89. The van der Waals surface area contributed by atoms with E-state index in [1.54, 1.807) is 18.2 Å². The van der Waals surface area contributed by atoms with Crippen LogP contribution in [0.25, 0.3) is 15.9 Å². The summed E-state index contributed by atoms with van der Waals surface area (Å²) in [6.07, 6.45) is 0. The second-order valence-electron chi connectivity index (χ2n) is 6.91. The molecule has 9 nitrogen and oxygen atoms in total. The zero-order chi connectivity index (χ0) is 20.6. The number of anilines is 2. The van der Waals surface area contributed by atoms with Crippen molar-refractivity contribution < 1.29 is 13.5 Å². The highest BCUT2D eigenvalue weighted by Crippen LogP contribution is 2.31. The SMILES string of the molecule is [C-]#[N+]c1ccc(O)c(Nc2nc3ccc(S(=O)(=O)N4CCN(C)CC4)cc3[nH]2)c1. The van der Waals surface area contributed by atoms with Crippen molar-refractivity contribution in [2.75, 3.05) is 38.5 Å². The molecule has 29 heavy (non-hydrogen) atoms. The lowest BCUT2D eigenvalue weighted by atomic mass is 10.2. The van der Waals surface area contributed by atoms with Gasteiger partial charge in [-0.25, -0.2) is 18.2 Å². The average Bonchev–Trinajstić information content (AvgIpc) is 3.11. The Hall–Kier alpha value is -3.13. The summed E-state index contributed by atoms with van der Waals surface area (Å²) in [5.41, 5.74) is 1.86. The summed E-state index contributed by atoms with van der Waals surface area (Å²) in [5, 5.41) is 12.9. The average molecular weight is 412 g/mol. The summed E-state index contributed by atoms with van der Waals surface area (Å²) in [4.78, 5) is 13.1. The molecule has 0 atom stereocenters. The van der Waals surface area contributed by atoms with Crippen molar-refractivity contribution in [2.45, 2.75) is 4.90 Å². The van der Waals surface area contributed by atoms with Gasteiger partial charge in [-0.1, -0.05) is 6.07 Å². The molecule has 0 saturated carbocycles. The van der Waals surface area contributed by atoms with E-state index in [0.29, 0.717) is 54.5 Å². The van der Waals surface area contributed by atoms with Gasteiger partial charge in [0.1, 0.15) is 5.75 Å². The number of H-pyrrole nitrogens is 1. The van der Waals surface area contributed by atoms with Crippen LogP contribution in [0.4, 0.5) is 17.3 Å². The molecule has 0 bridgehead atoms. The zero-order valence-corrected chi connectivity index (χ0v) is 16.6. The van der Waals surface area contributed by atoms with Gasteiger partial charge in [-0.2, -0.15) is 4.31 Å². The van der Waals surface area contributed by atoms with Crippen molar-refractivity contribution in [1.82, 2.24) is 19.2 Å². The maximum atomic E-state index is 12.9. The van der Waals surface area contributed by atoms with Gasteiger partial charge >= 0.3 is 0 Å². The third-order valence-electron chi connectivity index (χ3n) is 4.92. The van der Waals surface area contributed by atoms with Crippen LogP contribution in [0.3, 0.4) is 0 Å². The Balaban J connectivity index is 1.62. The number of sulfonamides is 1. The molecule has 10 heteroatoms.